The van der Waals surface area contributed by atoms with Crippen molar-refractivity contribution in [3.05, 3.63) is 60.2 Å². The van der Waals surface area contributed by atoms with Gasteiger partial charge in [-0.05, 0) is 44.2 Å². The van der Waals surface area contributed by atoms with Crippen LogP contribution in [0, 0.1) is 12.8 Å². The van der Waals surface area contributed by atoms with Crippen molar-refractivity contribution < 1.29 is 29.0 Å². The minimum absolute atomic E-state index is 0.145. The number of fused-ring (bicyclic) bond motifs is 3. The van der Waals surface area contributed by atoms with Gasteiger partial charge in [0.2, 0.25) is 11.8 Å². The molecule has 1 saturated carbocycles. The number of aryl methyl sites for hydroxylation is 1. The summed E-state index contributed by atoms with van der Waals surface area (Å²) in [6.07, 6.45) is 6.27. The predicted octanol–water partition coefficient (Wildman–Crippen LogP) is 4.19. The van der Waals surface area contributed by atoms with Crippen molar-refractivity contribution in [2.45, 2.75) is 56.7 Å². The molecule has 4 unspecified atom stereocenters. The van der Waals surface area contributed by atoms with Crippen LogP contribution in [0.5, 0.6) is 11.6 Å². The molecule has 1 aromatic heterocycles. The van der Waals surface area contributed by atoms with Crippen molar-refractivity contribution >= 4 is 28.8 Å². The second-order valence-corrected chi connectivity index (χ2v) is 11.9. The number of allylic oxidation sites excluding steroid dienone is 1. The first-order valence-electron chi connectivity index (χ1n) is 15.0. The molecular weight excluding hydrogens is 562 g/mol. The zero-order valence-electron chi connectivity index (χ0n) is 25.2. The highest BCUT2D eigenvalue weighted by Gasteiger charge is 2.61. The maximum atomic E-state index is 13.7. The highest BCUT2D eigenvalue weighted by Crippen LogP contribution is 2.45. The number of nitrogens with zero attached hydrogens (tertiary/aromatic N) is 4. The fourth-order valence-electron chi connectivity index (χ4n) is 6.22. The van der Waals surface area contributed by atoms with Crippen LogP contribution in [0.1, 0.15) is 37.7 Å². The zero-order chi connectivity index (χ0) is 31.0. The molecule has 0 radical (unpaired) electrons. The molecule has 2 aromatic carbocycles. The molecule has 11 nitrogen and oxygen atoms in total. The van der Waals surface area contributed by atoms with E-state index in [4.69, 9.17) is 19.4 Å². The smallest absolute Gasteiger partial charge is 0.330 e. The van der Waals surface area contributed by atoms with Gasteiger partial charge in [-0.2, -0.15) is 4.98 Å². The molecule has 4 atom stereocenters. The van der Waals surface area contributed by atoms with Crippen LogP contribution in [0.2, 0.25) is 0 Å². The third-order valence-corrected chi connectivity index (χ3v) is 8.85. The molecule has 2 N–H and O–H groups in total. The van der Waals surface area contributed by atoms with E-state index in [-0.39, 0.29) is 24.9 Å². The first-order chi connectivity index (χ1) is 21.2. The van der Waals surface area contributed by atoms with Crippen molar-refractivity contribution in [3.8, 4) is 23.0 Å². The summed E-state index contributed by atoms with van der Waals surface area (Å²) >= 11 is 0. The van der Waals surface area contributed by atoms with Gasteiger partial charge in [0.25, 0.3) is 0 Å². The molecule has 2 aliphatic heterocycles. The van der Waals surface area contributed by atoms with Crippen LogP contribution < -0.4 is 14.8 Å². The van der Waals surface area contributed by atoms with Gasteiger partial charge in [-0.3, -0.25) is 4.79 Å². The lowest BCUT2D eigenvalue weighted by atomic mass is 10.1. The zero-order valence-corrected chi connectivity index (χ0v) is 25.2. The van der Waals surface area contributed by atoms with Gasteiger partial charge >= 0.3 is 12.0 Å². The fourth-order valence-corrected chi connectivity index (χ4v) is 6.22. The minimum atomic E-state index is -1.36. The van der Waals surface area contributed by atoms with Crippen molar-refractivity contribution in [2.24, 2.45) is 5.92 Å². The third-order valence-electron chi connectivity index (χ3n) is 8.85. The van der Waals surface area contributed by atoms with E-state index < -0.39 is 29.6 Å². The molecule has 1 aliphatic carbocycles. The Hall–Kier alpha value is -4.67. The van der Waals surface area contributed by atoms with Gasteiger partial charge < -0.3 is 29.7 Å². The number of hydrogen-bond acceptors (Lipinski definition) is 7. The third kappa shape index (κ3) is 5.54. The molecule has 2 fully saturated rings. The molecule has 3 aliphatic rings. The Bertz CT molecular complexity index is 1630. The molecule has 3 aromatic rings. The van der Waals surface area contributed by atoms with Crippen LogP contribution >= 0.6 is 0 Å². The molecule has 3 heterocycles. The predicted molar refractivity (Wildman–Crippen MR) is 163 cm³/mol. The van der Waals surface area contributed by atoms with Gasteiger partial charge in [-0.25, -0.2) is 14.6 Å². The van der Waals surface area contributed by atoms with E-state index in [1.54, 1.807) is 19.1 Å². The van der Waals surface area contributed by atoms with Crippen molar-refractivity contribution in [1.82, 2.24) is 25.1 Å². The SMILES string of the molecule is COc1cc2nc(-c3ccccc3)nc(OC3CC4C(=O)NC5(C(=O)O)CC5/C=C/CCCCN(C)C(=O)N4C3)c2cc1C. The molecule has 230 valence electrons. The average Bonchev–Trinajstić information content (AvgIpc) is 3.56. The van der Waals surface area contributed by atoms with Gasteiger partial charge in [0.1, 0.15) is 23.4 Å². The number of carboxylic acid groups (broad SMARTS) is 1. The monoisotopic (exact) mass is 599 g/mol. The Morgan fingerprint density at radius 1 is 1.14 bits per heavy atom. The van der Waals surface area contributed by atoms with Crippen LogP contribution in [0.15, 0.2) is 54.6 Å². The van der Waals surface area contributed by atoms with E-state index in [9.17, 15) is 19.5 Å². The van der Waals surface area contributed by atoms with Crippen LogP contribution in [0.25, 0.3) is 22.3 Å². The van der Waals surface area contributed by atoms with E-state index in [1.807, 2.05) is 61.5 Å². The Morgan fingerprint density at radius 3 is 2.68 bits per heavy atom. The summed E-state index contributed by atoms with van der Waals surface area (Å²) in [6, 6.07) is 12.1. The topological polar surface area (TPSA) is 134 Å². The summed E-state index contributed by atoms with van der Waals surface area (Å²) in [4.78, 5) is 52.4. The van der Waals surface area contributed by atoms with E-state index in [0.717, 1.165) is 30.4 Å². The van der Waals surface area contributed by atoms with Gasteiger partial charge in [-0.1, -0.05) is 42.5 Å². The second-order valence-electron chi connectivity index (χ2n) is 11.9. The Labute approximate surface area is 255 Å². The van der Waals surface area contributed by atoms with Crippen LogP contribution in [-0.4, -0.2) is 87.7 Å². The number of aromatic nitrogens is 2. The lowest BCUT2D eigenvalue weighted by molar-refractivity contribution is -0.144. The number of nitrogens with one attached hydrogen (secondary N) is 1. The first-order valence-corrected chi connectivity index (χ1v) is 15.0. The van der Waals surface area contributed by atoms with Gasteiger partial charge in [0.15, 0.2) is 5.82 Å². The summed E-state index contributed by atoms with van der Waals surface area (Å²) in [6.45, 7) is 2.62. The number of aliphatic carboxylic acids is 1. The first kappa shape index (κ1) is 29.4. The average molecular weight is 600 g/mol. The van der Waals surface area contributed by atoms with Crippen LogP contribution in [0.3, 0.4) is 0 Å². The number of rotatable bonds is 5. The number of hydrogen-bond donors (Lipinski definition) is 2. The number of urea groups is 1. The molecule has 0 bridgehead atoms. The van der Waals surface area contributed by atoms with Crippen molar-refractivity contribution in [3.63, 3.8) is 0 Å². The number of ether oxygens (including phenoxy) is 2. The number of carbonyl (C=O) groups is 3. The Balaban J connectivity index is 1.34. The maximum absolute atomic E-state index is 13.7. The number of carbonyl (C=O) groups excluding carboxylic acids is 2. The highest BCUT2D eigenvalue weighted by atomic mass is 16.5. The van der Waals surface area contributed by atoms with Crippen molar-refractivity contribution in [2.75, 3.05) is 27.2 Å². The maximum Gasteiger partial charge on any atom is 0.330 e. The largest absolute Gasteiger partial charge is 0.496 e. The summed E-state index contributed by atoms with van der Waals surface area (Å²) in [7, 11) is 3.33. The van der Waals surface area contributed by atoms with Crippen LogP contribution in [-0.2, 0) is 9.59 Å². The Morgan fingerprint density at radius 2 is 1.93 bits per heavy atom. The second kappa shape index (κ2) is 11.8. The Kier molecular flexibility index (Phi) is 7.87. The van der Waals surface area contributed by atoms with Crippen molar-refractivity contribution in [1.29, 1.82) is 0 Å². The van der Waals surface area contributed by atoms with E-state index in [1.165, 1.54) is 4.90 Å². The number of benzene rings is 2. The molecular formula is C33H37N5O6. The normalized spacial score (nSPS) is 26.3. The van der Waals surface area contributed by atoms with E-state index in [0.29, 0.717) is 41.3 Å². The summed E-state index contributed by atoms with van der Waals surface area (Å²) < 4.78 is 12.1. The molecule has 0 spiro atoms. The number of carboxylic acids is 1. The van der Waals surface area contributed by atoms with E-state index >= 15 is 0 Å². The van der Waals surface area contributed by atoms with Gasteiger partial charge in [-0.15, -0.1) is 0 Å². The standard InChI is InChI=1S/C33H37N5O6/c1-20-15-24-25(17-27(20)43-3)34-28(21-11-7-6-8-12-21)35-30(24)44-23-16-26-29(39)36-33(31(40)41)18-22(33)13-9-4-5-10-14-37(2)32(42)38(26)19-23/h6-9,11-13,15,17,22-23,26H,4-5,10,14,16,18-19H2,1-3H3,(H,36,39)(H,40,41)/b13-9+. The highest BCUT2D eigenvalue weighted by molar-refractivity contribution is 5.94. The van der Waals surface area contributed by atoms with Gasteiger partial charge in [0.05, 0.1) is 24.6 Å². The number of amides is 3. The lowest BCUT2D eigenvalue weighted by Crippen LogP contribution is -2.54. The van der Waals surface area contributed by atoms with Gasteiger partial charge in [0, 0.05) is 37.6 Å². The molecule has 6 rings (SSSR count). The fraction of sp³-hybridized carbons (Fsp3) is 0.424. The molecule has 1 saturated heterocycles. The minimum Gasteiger partial charge on any atom is -0.496 e. The summed E-state index contributed by atoms with van der Waals surface area (Å²) in [5.74, 6) is -0.349. The van der Waals surface area contributed by atoms with E-state index in [2.05, 4.69) is 5.32 Å². The lowest BCUT2D eigenvalue weighted by Gasteiger charge is -2.29. The summed E-state index contributed by atoms with van der Waals surface area (Å²) in [5, 5.41) is 13.5. The molecule has 3 amide bonds. The quantitative estimate of drug-likeness (QED) is 0.417. The molecule has 11 heteroatoms. The summed E-state index contributed by atoms with van der Waals surface area (Å²) in [5.41, 5.74) is 0.969. The molecule has 44 heavy (non-hydrogen) atoms. The number of methoxy groups -OCH3 is 1. The van der Waals surface area contributed by atoms with Crippen LogP contribution in [0.4, 0.5) is 4.79 Å².